The average molecular weight is 200 g/mol. The molecule has 0 aliphatic heterocycles. The van der Waals surface area contributed by atoms with Crippen LogP contribution in [0, 0.1) is 5.92 Å². The SMILES string of the molecule is CCC(CC)CNCCNC(C)CC. The molecule has 0 aromatic heterocycles. The summed E-state index contributed by atoms with van der Waals surface area (Å²) >= 11 is 0. The molecule has 0 aromatic rings. The summed E-state index contributed by atoms with van der Waals surface area (Å²) in [6.07, 6.45) is 3.80. The van der Waals surface area contributed by atoms with Crippen molar-refractivity contribution in [2.75, 3.05) is 19.6 Å². The van der Waals surface area contributed by atoms with Crippen molar-refractivity contribution in [2.45, 2.75) is 53.0 Å². The molecule has 1 atom stereocenters. The molecule has 0 spiro atoms. The maximum atomic E-state index is 3.50. The van der Waals surface area contributed by atoms with E-state index in [0.29, 0.717) is 6.04 Å². The molecule has 0 bridgehead atoms. The van der Waals surface area contributed by atoms with Gasteiger partial charge in [0, 0.05) is 19.1 Å². The first-order chi connectivity index (χ1) is 6.74. The van der Waals surface area contributed by atoms with Gasteiger partial charge < -0.3 is 10.6 Å². The zero-order chi connectivity index (χ0) is 10.8. The summed E-state index contributed by atoms with van der Waals surface area (Å²) in [5.41, 5.74) is 0. The lowest BCUT2D eigenvalue weighted by molar-refractivity contribution is 0.439. The molecule has 1 unspecified atom stereocenters. The van der Waals surface area contributed by atoms with E-state index in [1.807, 2.05) is 0 Å². The molecular formula is C12H28N2. The highest BCUT2D eigenvalue weighted by Gasteiger charge is 2.01. The van der Waals surface area contributed by atoms with Gasteiger partial charge in [0.05, 0.1) is 0 Å². The predicted molar refractivity (Wildman–Crippen MR) is 64.7 cm³/mol. The molecule has 0 aliphatic carbocycles. The minimum Gasteiger partial charge on any atom is -0.315 e. The summed E-state index contributed by atoms with van der Waals surface area (Å²) in [5, 5.41) is 6.98. The summed E-state index contributed by atoms with van der Waals surface area (Å²) in [7, 11) is 0. The van der Waals surface area contributed by atoms with Crippen LogP contribution in [0.5, 0.6) is 0 Å². The third-order valence-corrected chi connectivity index (χ3v) is 2.99. The largest absolute Gasteiger partial charge is 0.315 e. The molecule has 2 heteroatoms. The molecule has 0 aliphatic rings. The third-order valence-electron chi connectivity index (χ3n) is 2.99. The van der Waals surface area contributed by atoms with Crippen molar-refractivity contribution in [3.8, 4) is 0 Å². The highest BCUT2D eigenvalue weighted by Crippen LogP contribution is 2.04. The fourth-order valence-corrected chi connectivity index (χ4v) is 1.43. The molecular weight excluding hydrogens is 172 g/mol. The zero-order valence-electron chi connectivity index (χ0n) is 10.4. The van der Waals surface area contributed by atoms with Gasteiger partial charge in [0.25, 0.3) is 0 Å². The number of nitrogens with one attached hydrogen (secondary N) is 2. The second-order valence-corrected chi connectivity index (χ2v) is 4.15. The summed E-state index contributed by atoms with van der Waals surface area (Å²) in [4.78, 5) is 0. The van der Waals surface area contributed by atoms with Gasteiger partial charge in [-0.2, -0.15) is 0 Å². The smallest absolute Gasteiger partial charge is 0.00792 e. The Morgan fingerprint density at radius 2 is 1.57 bits per heavy atom. The van der Waals surface area contributed by atoms with E-state index in [-0.39, 0.29) is 0 Å². The first-order valence-corrected chi connectivity index (χ1v) is 6.18. The van der Waals surface area contributed by atoms with Gasteiger partial charge in [0.1, 0.15) is 0 Å². The van der Waals surface area contributed by atoms with Crippen molar-refractivity contribution in [1.29, 1.82) is 0 Å². The summed E-state index contributed by atoms with van der Waals surface area (Å²) in [6.45, 7) is 12.4. The zero-order valence-corrected chi connectivity index (χ0v) is 10.4. The van der Waals surface area contributed by atoms with Crippen LogP contribution in [0.3, 0.4) is 0 Å². The van der Waals surface area contributed by atoms with Crippen molar-refractivity contribution in [3.63, 3.8) is 0 Å². The van der Waals surface area contributed by atoms with Gasteiger partial charge in [-0.1, -0.05) is 33.6 Å². The van der Waals surface area contributed by atoms with Crippen LogP contribution < -0.4 is 10.6 Å². The van der Waals surface area contributed by atoms with E-state index in [1.165, 1.54) is 25.8 Å². The van der Waals surface area contributed by atoms with Crippen LogP contribution in [-0.2, 0) is 0 Å². The lowest BCUT2D eigenvalue weighted by Crippen LogP contribution is -2.34. The first kappa shape index (κ1) is 13.9. The van der Waals surface area contributed by atoms with Crippen LogP contribution in [0.2, 0.25) is 0 Å². The summed E-state index contributed by atoms with van der Waals surface area (Å²) in [5.74, 6) is 0.860. The van der Waals surface area contributed by atoms with Crippen LogP contribution in [0.1, 0.15) is 47.0 Å². The van der Waals surface area contributed by atoms with Gasteiger partial charge in [-0.25, -0.2) is 0 Å². The molecule has 0 rings (SSSR count). The van der Waals surface area contributed by atoms with E-state index in [9.17, 15) is 0 Å². The summed E-state index contributed by atoms with van der Waals surface area (Å²) < 4.78 is 0. The number of rotatable bonds is 9. The maximum absolute atomic E-state index is 3.50. The van der Waals surface area contributed by atoms with Crippen molar-refractivity contribution < 1.29 is 0 Å². The van der Waals surface area contributed by atoms with Crippen LogP contribution in [0.25, 0.3) is 0 Å². The highest BCUT2D eigenvalue weighted by atomic mass is 15.0. The minimum atomic E-state index is 0.657. The Bertz CT molecular complexity index is 111. The van der Waals surface area contributed by atoms with E-state index in [1.54, 1.807) is 0 Å². The van der Waals surface area contributed by atoms with Gasteiger partial charge >= 0.3 is 0 Å². The van der Waals surface area contributed by atoms with Crippen LogP contribution in [-0.4, -0.2) is 25.7 Å². The Morgan fingerprint density at radius 3 is 2.07 bits per heavy atom. The maximum Gasteiger partial charge on any atom is 0.00792 e. The average Bonchev–Trinajstić information content (AvgIpc) is 2.23. The molecule has 0 radical (unpaired) electrons. The first-order valence-electron chi connectivity index (χ1n) is 6.18. The fourth-order valence-electron chi connectivity index (χ4n) is 1.43. The molecule has 0 saturated heterocycles. The van der Waals surface area contributed by atoms with Gasteiger partial charge in [-0.05, 0) is 25.8 Å². The summed E-state index contributed by atoms with van der Waals surface area (Å²) in [6, 6.07) is 0.657. The fraction of sp³-hybridized carbons (Fsp3) is 1.00. The Morgan fingerprint density at radius 1 is 0.929 bits per heavy atom. The van der Waals surface area contributed by atoms with E-state index in [4.69, 9.17) is 0 Å². The third kappa shape index (κ3) is 7.34. The van der Waals surface area contributed by atoms with E-state index in [2.05, 4.69) is 38.3 Å². The molecule has 2 nitrogen and oxygen atoms in total. The van der Waals surface area contributed by atoms with Crippen molar-refractivity contribution in [3.05, 3.63) is 0 Å². The Kier molecular flexibility index (Phi) is 9.42. The quantitative estimate of drug-likeness (QED) is 0.559. The molecule has 0 fully saturated rings. The Balaban J connectivity index is 3.20. The lowest BCUT2D eigenvalue weighted by atomic mass is 10.0. The standard InChI is InChI=1S/C12H28N2/c1-5-11(4)14-9-8-13-10-12(6-2)7-3/h11-14H,5-10H2,1-4H3. The van der Waals surface area contributed by atoms with Gasteiger partial charge in [-0.3, -0.25) is 0 Å². The predicted octanol–water partition coefficient (Wildman–Crippen LogP) is 2.40. The minimum absolute atomic E-state index is 0.657. The van der Waals surface area contributed by atoms with Crippen molar-refractivity contribution >= 4 is 0 Å². The van der Waals surface area contributed by atoms with Gasteiger partial charge in [-0.15, -0.1) is 0 Å². The normalized spacial score (nSPS) is 13.5. The topological polar surface area (TPSA) is 24.1 Å². The van der Waals surface area contributed by atoms with Crippen molar-refractivity contribution in [1.82, 2.24) is 10.6 Å². The van der Waals surface area contributed by atoms with Gasteiger partial charge in [0.2, 0.25) is 0 Å². The Labute approximate surface area is 89.9 Å². The molecule has 0 aromatic carbocycles. The number of hydrogen-bond acceptors (Lipinski definition) is 2. The molecule has 2 N–H and O–H groups in total. The molecule has 14 heavy (non-hydrogen) atoms. The van der Waals surface area contributed by atoms with Crippen molar-refractivity contribution in [2.24, 2.45) is 5.92 Å². The molecule has 0 heterocycles. The number of hydrogen-bond donors (Lipinski definition) is 2. The lowest BCUT2D eigenvalue weighted by Gasteiger charge is -2.15. The molecule has 0 amide bonds. The molecule has 86 valence electrons. The van der Waals surface area contributed by atoms with E-state index in [0.717, 1.165) is 19.0 Å². The van der Waals surface area contributed by atoms with Crippen LogP contribution in [0.15, 0.2) is 0 Å². The molecule has 0 saturated carbocycles. The Hall–Kier alpha value is -0.0800. The second-order valence-electron chi connectivity index (χ2n) is 4.15. The monoisotopic (exact) mass is 200 g/mol. The second kappa shape index (κ2) is 9.47. The highest BCUT2D eigenvalue weighted by molar-refractivity contribution is 4.62. The van der Waals surface area contributed by atoms with Gasteiger partial charge in [0.15, 0.2) is 0 Å². The van der Waals surface area contributed by atoms with E-state index < -0.39 is 0 Å². The van der Waals surface area contributed by atoms with Crippen LogP contribution >= 0.6 is 0 Å². The van der Waals surface area contributed by atoms with Crippen LogP contribution in [0.4, 0.5) is 0 Å². The van der Waals surface area contributed by atoms with E-state index >= 15 is 0 Å².